The molecule has 0 radical (unpaired) electrons. The SMILES string of the molecule is CCOC(=O)C(NC(=O)C(CSSCC(N)CCSC)Cc1ccccc1)OC(=O)CC. The molecule has 1 aromatic rings. The zero-order chi connectivity index (χ0) is 23.8. The second-order valence-corrected chi connectivity index (χ2v) is 10.5. The van der Waals surface area contributed by atoms with Crippen molar-refractivity contribution in [1.29, 1.82) is 0 Å². The molecule has 32 heavy (non-hydrogen) atoms. The molecule has 7 nitrogen and oxygen atoms in total. The van der Waals surface area contributed by atoms with Gasteiger partial charge < -0.3 is 20.5 Å². The van der Waals surface area contributed by atoms with Crippen molar-refractivity contribution in [2.24, 2.45) is 11.7 Å². The van der Waals surface area contributed by atoms with E-state index in [1.54, 1.807) is 47.2 Å². The summed E-state index contributed by atoms with van der Waals surface area (Å²) in [6.07, 6.45) is 2.14. The van der Waals surface area contributed by atoms with Crippen LogP contribution in [0.25, 0.3) is 0 Å². The van der Waals surface area contributed by atoms with E-state index in [2.05, 4.69) is 11.6 Å². The molecule has 0 saturated heterocycles. The Balaban J connectivity index is 2.78. The molecule has 1 amide bonds. The van der Waals surface area contributed by atoms with Gasteiger partial charge in [0, 0.05) is 24.0 Å². The van der Waals surface area contributed by atoms with Gasteiger partial charge in [-0.3, -0.25) is 9.59 Å². The van der Waals surface area contributed by atoms with Crippen LogP contribution in [0.5, 0.6) is 0 Å². The lowest BCUT2D eigenvalue weighted by Crippen LogP contribution is -2.47. The molecule has 0 aliphatic rings. The smallest absolute Gasteiger partial charge is 0.369 e. The van der Waals surface area contributed by atoms with Crippen molar-refractivity contribution < 1.29 is 23.9 Å². The van der Waals surface area contributed by atoms with E-state index >= 15 is 0 Å². The van der Waals surface area contributed by atoms with Crippen molar-refractivity contribution in [2.75, 3.05) is 30.1 Å². The van der Waals surface area contributed by atoms with Crippen LogP contribution in [0, 0.1) is 5.92 Å². The summed E-state index contributed by atoms with van der Waals surface area (Å²) in [5.74, 6) is 0.180. The molecule has 0 saturated carbocycles. The number of rotatable bonds is 16. The largest absolute Gasteiger partial charge is 0.462 e. The standard InChI is InChI=1S/C22H34N2O5S3/c1-4-19(25)29-21(22(27)28-5-2)24-20(26)17(13-16-9-7-6-8-10-16)14-31-32-15-18(23)11-12-30-3/h6-10,17-18,21H,4-5,11-15,23H2,1-3H3,(H,24,26). The van der Waals surface area contributed by atoms with Crippen molar-refractivity contribution in [3.63, 3.8) is 0 Å². The molecule has 3 atom stereocenters. The monoisotopic (exact) mass is 502 g/mol. The van der Waals surface area contributed by atoms with Crippen LogP contribution in [0.4, 0.5) is 0 Å². The predicted octanol–water partition coefficient (Wildman–Crippen LogP) is 3.27. The molecular formula is C22H34N2O5S3. The number of esters is 2. The highest BCUT2D eigenvalue weighted by molar-refractivity contribution is 8.76. The molecule has 180 valence electrons. The first kappa shape index (κ1) is 28.7. The van der Waals surface area contributed by atoms with Crippen LogP contribution < -0.4 is 11.1 Å². The average molecular weight is 503 g/mol. The Labute approximate surface area is 203 Å². The first-order valence-electron chi connectivity index (χ1n) is 10.6. The first-order valence-corrected chi connectivity index (χ1v) is 14.5. The third kappa shape index (κ3) is 12.0. The van der Waals surface area contributed by atoms with E-state index in [4.69, 9.17) is 15.2 Å². The van der Waals surface area contributed by atoms with Crippen LogP contribution >= 0.6 is 33.3 Å². The van der Waals surface area contributed by atoms with E-state index in [-0.39, 0.29) is 25.0 Å². The van der Waals surface area contributed by atoms with Crippen molar-refractivity contribution >= 4 is 51.2 Å². The molecule has 0 spiro atoms. The number of carbonyl (C=O) groups is 3. The number of benzene rings is 1. The van der Waals surface area contributed by atoms with Gasteiger partial charge in [-0.25, -0.2) is 4.79 Å². The third-order valence-electron chi connectivity index (χ3n) is 4.34. The summed E-state index contributed by atoms with van der Waals surface area (Å²) < 4.78 is 10.1. The third-order valence-corrected chi connectivity index (χ3v) is 7.56. The summed E-state index contributed by atoms with van der Waals surface area (Å²) in [6.45, 7) is 3.38. The molecule has 0 bridgehead atoms. The molecule has 0 aromatic heterocycles. The molecule has 1 rings (SSSR count). The van der Waals surface area contributed by atoms with E-state index in [1.807, 2.05) is 30.3 Å². The van der Waals surface area contributed by atoms with Crippen LogP contribution in [0.1, 0.15) is 32.3 Å². The zero-order valence-electron chi connectivity index (χ0n) is 18.9. The maximum atomic E-state index is 13.0. The summed E-state index contributed by atoms with van der Waals surface area (Å²) in [4.78, 5) is 37.0. The van der Waals surface area contributed by atoms with Gasteiger partial charge in [0.05, 0.1) is 12.5 Å². The fourth-order valence-electron chi connectivity index (χ4n) is 2.56. The Morgan fingerprint density at radius 1 is 1.09 bits per heavy atom. The fourth-order valence-corrected chi connectivity index (χ4v) is 5.66. The highest BCUT2D eigenvalue weighted by Gasteiger charge is 2.29. The molecule has 3 unspecified atom stereocenters. The minimum absolute atomic E-state index is 0.0858. The van der Waals surface area contributed by atoms with Crippen LogP contribution in [0.2, 0.25) is 0 Å². The van der Waals surface area contributed by atoms with E-state index in [1.165, 1.54) is 0 Å². The highest BCUT2D eigenvalue weighted by atomic mass is 33.1. The molecule has 1 aromatic carbocycles. The Morgan fingerprint density at radius 3 is 2.41 bits per heavy atom. The average Bonchev–Trinajstić information content (AvgIpc) is 2.79. The number of carbonyl (C=O) groups excluding carboxylic acids is 3. The Morgan fingerprint density at radius 2 is 1.78 bits per heavy atom. The molecule has 0 aliphatic carbocycles. The predicted molar refractivity (Wildman–Crippen MR) is 134 cm³/mol. The first-order chi connectivity index (χ1) is 15.4. The summed E-state index contributed by atoms with van der Waals surface area (Å²) in [5, 5.41) is 2.56. The second kappa shape index (κ2) is 17.2. The molecule has 0 aliphatic heterocycles. The van der Waals surface area contributed by atoms with Gasteiger partial charge in [0.25, 0.3) is 6.23 Å². The van der Waals surface area contributed by atoms with E-state index in [0.29, 0.717) is 12.2 Å². The van der Waals surface area contributed by atoms with Gasteiger partial charge in [-0.2, -0.15) is 11.8 Å². The Bertz CT molecular complexity index is 693. The quantitative estimate of drug-likeness (QED) is 0.152. The molecule has 3 N–H and O–H groups in total. The van der Waals surface area contributed by atoms with Gasteiger partial charge in [0.2, 0.25) is 5.91 Å². The Hall–Kier alpha value is -1.36. The number of nitrogens with one attached hydrogen (secondary N) is 1. The minimum atomic E-state index is -1.45. The lowest BCUT2D eigenvalue weighted by molar-refractivity contribution is -0.171. The molecule has 0 heterocycles. The van der Waals surface area contributed by atoms with Crippen LogP contribution in [0.3, 0.4) is 0 Å². The zero-order valence-corrected chi connectivity index (χ0v) is 21.4. The van der Waals surface area contributed by atoms with Crippen LogP contribution in [0.15, 0.2) is 30.3 Å². The van der Waals surface area contributed by atoms with E-state index in [9.17, 15) is 14.4 Å². The fraction of sp³-hybridized carbons (Fsp3) is 0.591. The lowest BCUT2D eigenvalue weighted by atomic mass is 10.0. The summed E-state index contributed by atoms with van der Waals surface area (Å²) in [7, 11) is 3.22. The number of nitrogens with two attached hydrogens (primary N) is 1. The van der Waals surface area contributed by atoms with Crippen molar-refractivity contribution in [2.45, 2.75) is 45.4 Å². The summed E-state index contributed by atoms with van der Waals surface area (Å²) in [5.41, 5.74) is 7.13. The number of thioether (sulfide) groups is 1. The highest BCUT2D eigenvalue weighted by Crippen LogP contribution is 2.27. The number of hydrogen-bond donors (Lipinski definition) is 2. The maximum absolute atomic E-state index is 13.0. The van der Waals surface area contributed by atoms with Gasteiger partial charge in [0.15, 0.2) is 0 Å². The molecular weight excluding hydrogens is 468 g/mol. The van der Waals surface area contributed by atoms with E-state index in [0.717, 1.165) is 23.5 Å². The van der Waals surface area contributed by atoms with Crippen molar-refractivity contribution in [3.8, 4) is 0 Å². The number of ether oxygens (including phenoxy) is 2. The second-order valence-electron chi connectivity index (χ2n) is 6.98. The van der Waals surface area contributed by atoms with Gasteiger partial charge in [-0.1, -0.05) is 58.8 Å². The van der Waals surface area contributed by atoms with Gasteiger partial charge in [-0.05, 0) is 37.3 Å². The minimum Gasteiger partial charge on any atom is -0.462 e. The maximum Gasteiger partial charge on any atom is 0.369 e. The topological polar surface area (TPSA) is 108 Å². The molecule has 0 fully saturated rings. The van der Waals surface area contributed by atoms with Crippen molar-refractivity contribution in [1.82, 2.24) is 5.32 Å². The number of hydrogen-bond acceptors (Lipinski definition) is 9. The van der Waals surface area contributed by atoms with Gasteiger partial charge >= 0.3 is 11.9 Å². The van der Waals surface area contributed by atoms with Crippen LogP contribution in [-0.2, 0) is 30.3 Å². The lowest BCUT2D eigenvalue weighted by Gasteiger charge is -2.21. The van der Waals surface area contributed by atoms with Crippen LogP contribution in [-0.4, -0.2) is 60.2 Å². The Kier molecular flexibility index (Phi) is 15.4. The van der Waals surface area contributed by atoms with E-state index < -0.39 is 24.1 Å². The number of amides is 1. The molecule has 10 heteroatoms. The van der Waals surface area contributed by atoms with Crippen molar-refractivity contribution in [3.05, 3.63) is 35.9 Å². The van der Waals surface area contributed by atoms with Gasteiger partial charge in [-0.15, -0.1) is 0 Å². The normalized spacial score (nSPS) is 13.6. The van der Waals surface area contributed by atoms with Gasteiger partial charge in [0.1, 0.15) is 0 Å². The summed E-state index contributed by atoms with van der Waals surface area (Å²) >= 11 is 1.77. The summed E-state index contributed by atoms with van der Waals surface area (Å²) in [6, 6.07) is 9.78.